The third-order valence-electron chi connectivity index (χ3n) is 2.49. The molecule has 1 aromatic carbocycles. The number of amides is 1. The average molecular weight is 314 g/mol. The van der Waals surface area contributed by atoms with E-state index in [0.717, 1.165) is 12.0 Å². The SMILES string of the molecule is CC(C)Cc1ccc(Cl)c(C=CC(=O)NC(=N)N)c1Cl. The van der Waals surface area contributed by atoms with Gasteiger partial charge in [0.1, 0.15) is 0 Å². The van der Waals surface area contributed by atoms with Gasteiger partial charge >= 0.3 is 0 Å². The van der Waals surface area contributed by atoms with Gasteiger partial charge in [0.25, 0.3) is 5.91 Å². The number of halogens is 2. The van der Waals surface area contributed by atoms with E-state index in [0.29, 0.717) is 21.5 Å². The van der Waals surface area contributed by atoms with Crippen LogP contribution in [0.4, 0.5) is 0 Å². The summed E-state index contributed by atoms with van der Waals surface area (Å²) in [6, 6.07) is 3.64. The Morgan fingerprint density at radius 1 is 1.45 bits per heavy atom. The van der Waals surface area contributed by atoms with Crippen LogP contribution in [0.25, 0.3) is 6.08 Å². The van der Waals surface area contributed by atoms with Crippen LogP contribution in [-0.2, 0) is 11.2 Å². The van der Waals surface area contributed by atoms with Crippen molar-refractivity contribution in [2.24, 2.45) is 11.7 Å². The molecule has 0 aliphatic heterocycles. The third kappa shape index (κ3) is 4.87. The van der Waals surface area contributed by atoms with Gasteiger partial charge in [0, 0.05) is 16.7 Å². The van der Waals surface area contributed by atoms with Gasteiger partial charge in [0.15, 0.2) is 5.96 Å². The number of nitrogens with two attached hydrogens (primary N) is 1. The maximum atomic E-state index is 11.4. The van der Waals surface area contributed by atoms with E-state index in [-0.39, 0.29) is 0 Å². The minimum absolute atomic E-state index is 0.412. The van der Waals surface area contributed by atoms with E-state index < -0.39 is 11.9 Å². The van der Waals surface area contributed by atoms with Crippen molar-refractivity contribution >= 4 is 41.1 Å². The lowest BCUT2D eigenvalue weighted by Crippen LogP contribution is -2.34. The summed E-state index contributed by atoms with van der Waals surface area (Å²) in [5.74, 6) is -0.448. The Morgan fingerprint density at radius 2 is 2.10 bits per heavy atom. The Labute approximate surface area is 128 Å². The maximum absolute atomic E-state index is 11.4. The monoisotopic (exact) mass is 313 g/mol. The summed E-state index contributed by atoms with van der Waals surface area (Å²) in [6.07, 6.45) is 3.59. The van der Waals surface area contributed by atoms with Gasteiger partial charge < -0.3 is 5.73 Å². The van der Waals surface area contributed by atoms with Crippen LogP contribution in [-0.4, -0.2) is 11.9 Å². The molecule has 0 bridgehead atoms. The Balaban J connectivity index is 3.02. The van der Waals surface area contributed by atoms with Crippen molar-refractivity contribution in [3.8, 4) is 0 Å². The molecule has 0 atom stereocenters. The zero-order valence-electron chi connectivity index (χ0n) is 11.3. The highest BCUT2D eigenvalue weighted by atomic mass is 35.5. The second-order valence-corrected chi connectivity index (χ2v) is 5.55. The summed E-state index contributed by atoms with van der Waals surface area (Å²) in [5.41, 5.74) is 6.64. The molecule has 0 aromatic heterocycles. The van der Waals surface area contributed by atoms with Crippen molar-refractivity contribution in [1.29, 1.82) is 5.41 Å². The van der Waals surface area contributed by atoms with Crippen LogP contribution in [0, 0.1) is 11.3 Å². The van der Waals surface area contributed by atoms with E-state index in [1.165, 1.54) is 12.2 Å². The van der Waals surface area contributed by atoms with E-state index >= 15 is 0 Å². The van der Waals surface area contributed by atoms with Crippen LogP contribution in [0.15, 0.2) is 18.2 Å². The molecule has 108 valence electrons. The minimum Gasteiger partial charge on any atom is -0.370 e. The lowest BCUT2D eigenvalue weighted by Gasteiger charge is -2.11. The second-order valence-electron chi connectivity index (χ2n) is 4.77. The van der Waals surface area contributed by atoms with Gasteiger partial charge in [-0.1, -0.05) is 43.1 Å². The van der Waals surface area contributed by atoms with Crippen molar-refractivity contribution in [3.05, 3.63) is 39.4 Å². The first-order chi connectivity index (χ1) is 9.31. The fourth-order valence-electron chi connectivity index (χ4n) is 1.70. The molecular formula is C14H17Cl2N3O. The van der Waals surface area contributed by atoms with E-state index in [4.69, 9.17) is 34.3 Å². The molecule has 0 radical (unpaired) electrons. The van der Waals surface area contributed by atoms with Gasteiger partial charge in [-0.15, -0.1) is 0 Å². The van der Waals surface area contributed by atoms with Crippen LogP contribution >= 0.6 is 23.2 Å². The molecule has 4 N–H and O–H groups in total. The molecule has 1 rings (SSSR count). The quantitative estimate of drug-likeness (QED) is 0.453. The largest absolute Gasteiger partial charge is 0.370 e. The highest BCUT2D eigenvalue weighted by molar-refractivity contribution is 6.37. The molecule has 0 heterocycles. The Morgan fingerprint density at radius 3 is 2.65 bits per heavy atom. The van der Waals surface area contributed by atoms with E-state index in [1.54, 1.807) is 6.07 Å². The fraction of sp³-hybridized carbons (Fsp3) is 0.286. The smallest absolute Gasteiger partial charge is 0.250 e. The van der Waals surface area contributed by atoms with Crippen molar-refractivity contribution in [2.75, 3.05) is 0 Å². The Kier molecular flexibility index (Phi) is 6.05. The molecule has 20 heavy (non-hydrogen) atoms. The number of benzene rings is 1. The maximum Gasteiger partial charge on any atom is 0.250 e. The number of nitrogens with one attached hydrogen (secondary N) is 2. The molecule has 0 saturated heterocycles. The van der Waals surface area contributed by atoms with Crippen LogP contribution in [0.3, 0.4) is 0 Å². The predicted molar refractivity (Wildman–Crippen MR) is 84.1 cm³/mol. The summed E-state index contributed by atoms with van der Waals surface area (Å²) >= 11 is 12.4. The van der Waals surface area contributed by atoms with Gasteiger partial charge in [-0.05, 0) is 30.0 Å². The molecule has 6 heteroatoms. The van der Waals surface area contributed by atoms with Crippen molar-refractivity contribution in [2.45, 2.75) is 20.3 Å². The molecule has 0 saturated carbocycles. The molecule has 0 fully saturated rings. The topological polar surface area (TPSA) is 79.0 Å². The molecule has 0 aliphatic carbocycles. The van der Waals surface area contributed by atoms with E-state index in [1.807, 2.05) is 6.07 Å². The number of guanidine groups is 1. The van der Waals surface area contributed by atoms with Crippen LogP contribution in [0.1, 0.15) is 25.0 Å². The van der Waals surface area contributed by atoms with Crippen molar-refractivity contribution < 1.29 is 4.79 Å². The van der Waals surface area contributed by atoms with Crippen molar-refractivity contribution in [3.63, 3.8) is 0 Å². The summed E-state index contributed by atoms with van der Waals surface area (Å²) < 4.78 is 0. The molecule has 0 unspecified atom stereocenters. The summed E-state index contributed by atoms with van der Waals surface area (Å²) in [4.78, 5) is 11.4. The van der Waals surface area contributed by atoms with Gasteiger partial charge in [0.05, 0.1) is 5.02 Å². The first kappa shape index (κ1) is 16.5. The molecule has 0 aliphatic rings. The number of carbonyl (C=O) groups excluding carboxylic acids is 1. The standard InChI is InChI=1S/C14H17Cl2N3O/c1-8(2)7-9-3-5-11(15)10(13(9)16)4-6-12(20)19-14(17)18/h3-6,8H,7H2,1-2H3,(H4,17,18,19,20). The fourth-order valence-corrected chi connectivity index (χ4v) is 2.27. The highest BCUT2D eigenvalue weighted by Crippen LogP contribution is 2.30. The molecule has 0 spiro atoms. The third-order valence-corrected chi connectivity index (χ3v) is 3.27. The molecular weight excluding hydrogens is 297 g/mol. The van der Waals surface area contributed by atoms with E-state index in [2.05, 4.69) is 19.2 Å². The summed E-state index contributed by atoms with van der Waals surface area (Å²) in [6.45, 7) is 4.20. The van der Waals surface area contributed by atoms with Crippen LogP contribution < -0.4 is 11.1 Å². The van der Waals surface area contributed by atoms with Crippen LogP contribution in [0.2, 0.25) is 10.0 Å². The number of hydrogen-bond acceptors (Lipinski definition) is 2. The molecule has 1 aromatic rings. The number of hydrogen-bond donors (Lipinski definition) is 3. The van der Waals surface area contributed by atoms with Gasteiger partial charge in [-0.3, -0.25) is 15.5 Å². The Hall–Kier alpha value is -1.52. The number of rotatable bonds is 4. The van der Waals surface area contributed by atoms with Crippen molar-refractivity contribution in [1.82, 2.24) is 5.32 Å². The average Bonchev–Trinajstić information content (AvgIpc) is 2.31. The molecule has 4 nitrogen and oxygen atoms in total. The lowest BCUT2D eigenvalue weighted by molar-refractivity contribution is -0.115. The zero-order valence-corrected chi connectivity index (χ0v) is 12.8. The molecule has 1 amide bonds. The lowest BCUT2D eigenvalue weighted by atomic mass is 10.0. The highest BCUT2D eigenvalue weighted by Gasteiger charge is 2.10. The summed E-state index contributed by atoms with van der Waals surface area (Å²) in [7, 11) is 0. The van der Waals surface area contributed by atoms with Gasteiger partial charge in [0.2, 0.25) is 0 Å². The summed E-state index contributed by atoms with van der Waals surface area (Å²) in [5, 5.41) is 10.1. The second kappa shape index (κ2) is 7.31. The first-order valence-electron chi connectivity index (χ1n) is 6.11. The van der Waals surface area contributed by atoms with Gasteiger partial charge in [-0.2, -0.15) is 0 Å². The minimum atomic E-state index is -0.501. The normalized spacial score (nSPS) is 11.1. The Bertz CT molecular complexity index is 554. The number of carbonyl (C=O) groups is 1. The first-order valence-corrected chi connectivity index (χ1v) is 6.86. The van der Waals surface area contributed by atoms with Crippen LogP contribution in [0.5, 0.6) is 0 Å². The predicted octanol–water partition coefficient (Wildman–Crippen LogP) is 3.21. The van der Waals surface area contributed by atoms with Gasteiger partial charge in [-0.25, -0.2) is 0 Å². The van der Waals surface area contributed by atoms with E-state index in [9.17, 15) is 4.79 Å². The zero-order chi connectivity index (χ0) is 15.3.